The van der Waals surface area contributed by atoms with Crippen molar-refractivity contribution >= 4 is 11.9 Å². The van der Waals surface area contributed by atoms with Crippen molar-refractivity contribution in [3.63, 3.8) is 0 Å². The first-order valence-electron chi connectivity index (χ1n) is 8.66. The summed E-state index contributed by atoms with van der Waals surface area (Å²) in [6.45, 7) is 3.46. The number of rotatable bonds is 4. The zero-order chi connectivity index (χ0) is 18.1. The number of imide groups is 1. The molecule has 0 saturated carbocycles. The highest BCUT2D eigenvalue weighted by Gasteiger charge is 2.52. The number of piperidine rings is 1. The maximum absolute atomic E-state index is 12.9. The summed E-state index contributed by atoms with van der Waals surface area (Å²) in [5.41, 5.74) is -0.176. The molecular formula is C17H20N6O3. The summed E-state index contributed by atoms with van der Waals surface area (Å²) in [5.74, 6) is 0.456. The minimum atomic E-state index is -0.884. The molecule has 26 heavy (non-hydrogen) atoms. The summed E-state index contributed by atoms with van der Waals surface area (Å²) < 4.78 is 5.22. The van der Waals surface area contributed by atoms with E-state index in [0.717, 1.165) is 30.8 Å². The minimum absolute atomic E-state index is 0.0432. The van der Waals surface area contributed by atoms with Crippen molar-refractivity contribution < 1.29 is 14.1 Å². The van der Waals surface area contributed by atoms with Crippen LogP contribution < -0.4 is 10.6 Å². The molecule has 2 N–H and O–H groups in total. The second-order valence-corrected chi connectivity index (χ2v) is 6.80. The number of hydrogen-bond donors (Lipinski definition) is 2. The quantitative estimate of drug-likeness (QED) is 0.784. The fourth-order valence-electron chi connectivity index (χ4n) is 3.60. The largest absolute Gasteiger partial charge is 0.337 e. The third-order valence-electron chi connectivity index (χ3n) is 5.14. The molecule has 0 unspecified atom stereocenters. The van der Waals surface area contributed by atoms with Gasteiger partial charge in [0.1, 0.15) is 12.1 Å². The van der Waals surface area contributed by atoms with Gasteiger partial charge in [-0.1, -0.05) is 5.16 Å². The molecule has 0 spiro atoms. The number of aromatic nitrogens is 3. The van der Waals surface area contributed by atoms with E-state index >= 15 is 0 Å². The molecule has 9 nitrogen and oxygen atoms in total. The molecule has 0 bridgehead atoms. The van der Waals surface area contributed by atoms with E-state index in [1.165, 1.54) is 0 Å². The summed E-state index contributed by atoms with van der Waals surface area (Å²) in [4.78, 5) is 34.8. The molecular weight excluding hydrogens is 336 g/mol. The first-order valence-corrected chi connectivity index (χ1v) is 8.66. The van der Waals surface area contributed by atoms with Gasteiger partial charge in [0.2, 0.25) is 11.7 Å². The molecule has 3 amide bonds. The molecule has 4 heterocycles. The van der Waals surface area contributed by atoms with Crippen LogP contribution in [0.4, 0.5) is 4.79 Å². The molecule has 9 heteroatoms. The smallest absolute Gasteiger partial charge is 0.325 e. The van der Waals surface area contributed by atoms with E-state index in [1.54, 1.807) is 25.4 Å². The Bertz CT molecular complexity index is 817. The SMILES string of the molecule is C[C@@]1(C2CCNCC2)NC(=O)N(Cc2nc(-c3cccnc3)no2)C1=O. The van der Waals surface area contributed by atoms with Gasteiger partial charge in [-0.3, -0.25) is 14.7 Å². The van der Waals surface area contributed by atoms with Crippen LogP contribution in [0.15, 0.2) is 29.0 Å². The predicted molar refractivity (Wildman–Crippen MR) is 90.6 cm³/mol. The Morgan fingerprint density at radius 2 is 2.15 bits per heavy atom. The third kappa shape index (κ3) is 2.84. The maximum atomic E-state index is 12.9. The highest BCUT2D eigenvalue weighted by atomic mass is 16.5. The molecule has 0 aliphatic carbocycles. The Morgan fingerprint density at radius 3 is 2.88 bits per heavy atom. The predicted octanol–water partition coefficient (Wildman–Crippen LogP) is 0.942. The summed E-state index contributed by atoms with van der Waals surface area (Å²) >= 11 is 0. The van der Waals surface area contributed by atoms with Gasteiger partial charge in [-0.2, -0.15) is 4.98 Å². The molecule has 2 aromatic rings. The fourth-order valence-corrected chi connectivity index (χ4v) is 3.60. The number of pyridine rings is 1. The Kier molecular flexibility index (Phi) is 4.15. The van der Waals surface area contributed by atoms with Crippen LogP contribution in [0, 0.1) is 5.92 Å². The molecule has 2 aliphatic heterocycles. The Hall–Kier alpha value is -2.81. The van der Waals surface area contributed by atoms with Crippen molar-refractivity contribution in [2.45, 2.75) is 31.8 Å². The highest BCUT2D eigenvalue weighted by Crippen LogP contribution is 2.32. The fraction of sp³-hybridized carbons (Fsp3) is 0.471. The van der Waals surface area contributed by atoms with Crippen molar-refractivity contribution in [2.24, 2.45) is 5.92 Å². The van der Waals surface area contributed by atoms with E-state index in [9.17, 15) is 9.59 Å². The average molecular weight is 356 g/mol. The van der Waals surface area contributed by atoms with Gasteiger partial charge < -0.3 is 15.2 Å². The lowest BCUT2D eigenvalue weighted by Crippen LogP contribution is -2.53. The Labute approximate surface area is 150 Å². The molecule has 4 rings (SSSR count). The Morgan fingerprint density at radius 1 is 1.35 bits per heavy atom. The van der Waals surface area contributed by atoms with E-state index in [1.807, 2.05) is 6.07 Å². The van der Waals surface area contributed by atoms with E-state index in [0.29, 0.717) is 11.4 Å². The van der Waals surface area contributed by atoms with Crippen LogP contribution in [-0.2, 0) is 11.3 Å². The number of carbonyl (C=O) groups is 2. The van der Waals surface area contributed by atoms with Crippen LogP contribution in [-0.4, -0.2) is 50.6 Å². The molecule has 2 saturated heterocycles. The number of amides is 3. The molecule has 0 radical (unpaired) electrons. The van der Waals surface area contributed by atoms with Crippen molar-refractivity contribution in [3.8, 4) is 11.4 Å². The van der Waals surface area contributed by atoms with Crippen molar-refractivity contribution in [1.82, 2.24) is 30.7 Å². The van der Waals surface area contributed by atoms with Crippen LogP contribution in [0.2, 0.25) is 0 Å². The molecule has 136 valence electrons. The van der Waals surface area contributed by atoms with Crippen LogP contribution in [0.3, 0.4) is 0 Å². The minimum Gasteiger partial charge on any atom is -0.337 e. The topological polar surface area (TPSA) is 113 Å². The third-order valence-corrected chi connectivity index (χ3v) is 5.14. The van der Waals surface area contributed by atoms with E-state index in [2.05, 4.69) is 25.8 Å². The van der Waals surface area contributed by atoms with Gasteiger partial charge in [0.15, 0.2) is 0 Å². The number of nitrogens with zero attached hydrogens (tertiary/aromatic N) is 4. The Balaban J connectivity index is 1.51. The van der Waals surface area contributed by atoms with Crippen molar-refractivity contribution in [3.05, 3.63) is 30.4 Å². The van der Waals surface area contributed by atoms with Crippen LogP contribution in [0.1, 0.15) is 25.7 Å². The normalized spacial score (nSPS) is 24.1. The van der Waals surface area contributed by atoms with Gasteiger partial charge in [0, 0.05) is 18.0 Å². The lowest BCUT2D eigenvalue weighted by molar-refractivity contribution is -0.133. The number of nitrogens with one attached hydrogen (secondary N) is 2. The number of urea groups is 1. The van der Waals surface area contributed by atoms with Gasteiger partial charge in [-0.15, -0.1) is 0 Å². The van der Waals surface area contributed by atoms with Crippen LogP contribution in [0.25, 0.3) is 11.4 Å². The summed E-state index contributed by atoms with van der Waals surface area (Å²) in [6, 6.07) is 3.16. The number of carbonyl (C=O) groups excluding carboxylic acids is 2. The molecule has 0 aromatic carbocycles. The molecule has 2 fully saturated rings. The van der Waals surface area contributed by atoms with Crippen molar-refractivity contribution in [1.29, 1.82) is 0 Å². The van der Waals surface area contributed by atoms with E-state index in [4.69, 9.17) is 4.52 Å². The molecule has 1 atom stereocenters. The summed E-state index contributed by atoms with van der Waals surface area (Å²) in [7, 11) is 0. The second kappa shape index (κ2) is 6.49. The van der Waals surface area contributed by atoms with E-state index < -0.39 is 11.6 Å². The zero-order valence-electron chi connectivity index (χ0n) is 14.4. The van der Waals surface area contributed by atoms with Gasteiger partial charge in [0.05, 0.1) is 0 Å². The maximum Gasteiger partial charge on any atom is 0.325 e. The van der Waals surface area contributed by atoms with Crippen LogP contribution >= 0.6 is 0 Å². The summed E-state index contributed by atoms with van der Waals surface area (Å²) in [6.07, 6.45) is 4.97. The molecule has 2 aromatic heterocycles. The van der Waals surface area contributed by atoms with Gasteiger partial charge in [-0.25, -0.2) is 4.79 Å². The molecule has 2 aliphatic rings. The highest BCUT2D eigenvalue weighted by molar-refractivity contribution is 6.06. The monoisotopic (exact) mass is 356 g/mol. The zero-order valence-corrected chi connectivity index (χ0v) is 14.4. The lowest BCUT2D eigenvalue weighted by atomic mass is 9.79. The van der Waals surface area contributed by atoms with Crippen molar-refractivity contribution in [2.75, 3.05) is 13.1 Å². The second-order valence-electron chi connectivity index (χ2n) is 6.80. The van der Waals surface area contributed by atoms with Gasteiger partial charge in [0.25, 0.3) is 5.91 Å². The first kappa shape index (κ1) is 16.6. The van der Waals surface area contributed by atoms with Crippen LogP contribution in [0.5, 0.6) is 0 Å². The van der Waals surface area contributed by atoms with Gasteiger partial charge in [-0.05, 0) is 50.9 Å². The summed E-state index contributed by atoms with van der Waals surface area (Å²) in [5, 5.41) is 10.0. The number of hydrogen-bond acceptors (Lipinski definition) is 7. The van der Waals surface area contributed by atoms with E-state index in [-0.39, 0.29) is 24.3 Å². The lowest BCUT2D eigenvalue weighted by Gasteiger charge is -2.34. The van der Waals surface area contributed by atoms with Gasteiger partial charge >= 0.3 is 6.03 Å². The average Bonchev–Trinajstić information content (AvgIpc) is 3.23. The standard InChI is InChI=1S/C17H20N6O3/c1-17(12-4-7-18-8-5-12)15(24)23(16(25)21-17)10-13-20-14(22-26-13)11-3-2-6-19-9-11/h2-3,6,9,12,18H,4-5,7-8,10H2,1H3,(H,21,25)/t17-/m0/s1. The first-order chi connectivity index (χ1) is 12.6.